The molecule has 0 heterocycles. The molecule has 0 aliphatic rings. The largest absolute Gasteiger partial charge is 0.484 e. The van der Waals surface area contributed by atoms with Gasteiger partial charge in [-0.15, -0.1) is 0 Å². The molecule has 0 bridgehead atoms. The number of carbonyl (C=O) groups is 2. The summed E-state index contributed by atoms with van der Waals surface area (Å²) in [6.45, 7) is 5.62. The molecule has 0 spiro atoms. The lowest BCUT2D eigenvalue weighted by Crippen LogP contribution is -2.51. The van der Waals surface area contributed by atoms with Crippen LogP contribution in [0.1, 0.15) is 26.3 Å². The molecule has 1 N–H and O–H groups in total. The minimum atomic E-state index is -0.629. The van der Waals surface area contributed by atoms with Gasteiger partial charge in [-0.1, -0.05) is 30.3 Å². The van der Waals surface area contributed by atoms with Crippen LogP contribution >= 0.6 is 0 Å². The molecular weight excluding hydrogens is 359 g/mol. The average molecular weight is 386 g/mol. The number of ether oxygens (including phenoxy) is 1. The lowest BCUT2D eigenvalue weighted by molar-refractivity contribution is -0.141. The van der Waals surface area contributed by atoms with Crippen molar-refractivity contribution in [2.45, 2.75) is 39.3 Å². The molecule has 0 saturated heterocycles. The summed E-state index contributed by atoms with van der Waals surface area (Å²) in [7, 11) is 0. The van der Waals surface area contributed by atoms with Crippen molar-refractivity contribution in [3.8, 4) is 5.75 Å². The third kappa shape index (κ3) is 6.68. The van der Waals surface area contributed by atoms with E-state index in [0.717, 1.165) is 5.56 Å². The van der Waals surface area contributed by atoms with E-state index in [4.69, 9.17) is 4.74 Å². The van der Waals surface area contributed by atoms with Gasteiger partial charge in [-0.3, -0.25) is 9.59 Å². The number of hydrogen-bond acceptors (Lipinski definition) is 3. The lowest BCUT2D eigenvalue weighted by Gasteiger charge is -2.29. The monoisotopic (exact) mass is 386 g/mol. The number of rotatable bonds is 9. The number of halogens is 1. The van der Waals surface area contributed by atoms with Crippen molar-refractivity contribution in [2.24, 2.45) is 0 Å². The predicted molar refractivity (Wildman–Crippen MR) is 106 cm³/mol. The summed E-state index contributed by atoms with van der Waals surface area (Å²) < 4.78 is 18.5. The first-order chi connectivity index (χ1) is 13.4. The predicted octanol–water partition coefficient (Wildman–Crippen LogP) is 3.19. The summed E-state index contributed by atoms with van der Waals surface area (Å²) in [6.07, 6.45) is 0.627. The fraction of sp³-hybridized carbons (Fsp3) is 0.364. The first-order valence-electron chi connectivity index (χ1n) is 9.39. The Morgan fingerprint density at radius 2 is 1.68 bits per heavy atom. The molecular formula is C22H27FN2O3. The van der Waals surface area contributed by atoms with Crippen LogP contribution < -0.4 is 10.1 Å². The van der Waals surface area contributed by atoms with E-state index in [2.05, 4.69) is 5.32 Å². The zero-order valence-corrected chi connectivity index (χ0v) is 16.5. The van der Waals surface area contributed by atoms with E-state index in [0.29, 0.717) is 18.7 Å². The second-order valence-electron chi connectivity index (χ2n) is 6.90. The minimum absolute atomic E-state index is 0.0171. The summed E-state index contributed by atoms with van der Waals surface area (Å²) in [6, 6.07) is 14.6. The van der Waals surface area contributed by atoms with E-state index < -0.39 is 6.04 Å². The fourth-order valence-corrected chi connectivity index (χ4v) is 2.73. The standard InChI is InChI=1S/C22H27FN2O3/c1-16(2)24-22(27)17(3)25(14-13-18-7-5-4-6-8-18)21(26)15-28-20-11-9-19(23)10-12-20/h4-12,16-17H,13-15H2,1-3H3,(H,24,27)/t17-/m0/s1. The zero-order valence-electron chi connectivity index (χ0n) is 16.5. The summed E-state index contributed by atoms with van der Waals surface area (Å²) in [4.78, 5) is 26.7. The van der Waals surface area contributed by atoms with Gasteiger partial charge in [-0.05, 0) is 57.0 Å². The number of carbonyl (C=O) groups excluding carboxylic acids is 2. The van der Waals surface area contributed by atoms with Gasteiger partial charge < -0.3 is 15.0 Å². The number of benzene rings is 2. The van der Waals surface area contributed by atoms with Crippen LogP contribution in [0.15, 0.2) is 54.6 Å². The van der Waals surface area contributed by atoms with Crippen LogP contribution in [0.5, 0.6) is 5.75 Å². The van der Waals surface area contributed by atoms with Crippen molar-refractivity contribution in [1.82, 2.24) is 10.2 Å². The Bertz CT molecular complexity index is 763. The van der Waals surface area contributed by atoms with Crippen molar-refractivity contribution in [2.75, 3.05) is 13.2 Å². The second kappa shape index (κ2) is 10.4. The molecule has 0 fully saturated rings. The fourth-order valence-electron chi connectivity index (χ4n) is 2.73. The third-order valence-corrected chi connectivity index (χ3v) is 4.26. The third-order valence-electron chi connectivity index (χ3n) is 4.26. The summed E-state index contributed by atoms with van der Waals surface area (Å²) in [5, 5.41) is 2.84. The quantitative estimate of drug-likeness (QED) is 0.720. The van der Waals surface area contributed by atoms with Crippen LogP contribution in [0.4, 0.5) is 4.39 Å². The van der Waals surface area contributed by atoms with Gasteiger partial charge in [0.2, 0.25) is 5.91 Å². The van der Waals surface area contributed by atoms with Crippen molar-refractivity contribution >= 4 is 11.8 Å². The van der Waals surface area contributed by atoms with Gasteiger partial charge >= 0.3 is 0 Å². The van der Waals surface area contributed by atoms with E-state index in [9.17, 15) is 14.0 Å². The second-order valence-corrected chi connectivity index (χ2v) is 6.90. The maximum absolute atomic E-state index is 13.0. The maximum Gasteiger partial charge on any atom is 0.261 e. The van der Waals surface area contributed by atoms with E-state index in [1.165, 1.54) is 29.2 Å². The minimum Gasteiger partial charge on any atom is -0.484 e. The highest BCUT2D eigenvalue weighted by Gasteiger charge is 2.26. The van der Waals surface area contributed by atoms with Crippen molar-refractivity contribution in [1.29, 1.82) is 0 Å². The van der Waals surface area contributed by atoms with Crippen molar-refractivity contribution in [3.05, 3.63) is 66.0 Å². The first-order valence-corrected chi connectivity index (χ1v) is 9.39. The molecule has 2 rings (SSSR count). The topological polar surface area (TPSA) is 58.6 Å². The molecule has 0 aliphatic carbocycles. The number of nitrogens with one attached hydrogen (secondary N) is 1. The molecule has 150 valence electrons. The van der Waals surface area contributed by atoms with Crippen LogP contribution in [-0.4, -0.2) is 41.9 Å². The van der Waals surface area contributed by atoms with E-state index in [1.807, 2.05) is 44.2 Å². The molecule has 1 atom stereocenters. The molecule has 2 aromatic carbocycles. The van der Waals surface area contributed by atoms with Gasteiger partial charge in [0.15, 0.2) is 6.61 Å². The van der Waals surface area contributed by atoms with E-state index in [-0.39, 0.29) is 30.3 Å². The molecule has 0 unspecified atom stereocenters. The van der Waals surface area contributed by atoms with E-state index in [1.54, 1.807) is 6.92 Å². The van der Waals surface area contributed by atoms with Crippen LogP contribution in [0.25, 0.3) is 0 Å². The van der Waals surface area contributed by atoms with Crippen LogP contribution in [0.2, 0.25) is 0 Å². The molecule has 5 nitrogen and oxygen atoms in total. The molecule has 28 heavy (non-hydrogen) atoms. The molecule has 2 aromatic rings. The molecule has 0 aromatic heterocycles. The lowest BCUT2D eigenvalue weighted by atomic mass is 10.1. The normalized spacial score (nSPS) is 11.8. The first kappa shape index (κ1) is 21.4. The Labute approximate surface area is 165 Å². The van der Waals surface area contributed by atoms with Gasteiger partial charge in [-0.2, -0.15) is 0 Å². The highest BCUT2D eigenvalue weighted by Crippen LogP contribution is 2.12. The SMILES string of the molecule is CC(C)NC(=O)[C@H](C)N(CCc1ccccc1)C(=O)COc1ccc(F)cc1. The molecule has 0 saturated carbocycles. The van der Waals surface area contributed by atoms with Crippen LogP contribution in [0, 0.1) is 5.82 Å². The smallest absolute Gasteiger partial charge is 0.261 e. The molecule has 0 aliphatic heterocycles. The van der Waals surface area contributed by atoms with Gasteiger partial charge in [0.1, 0.15) is 17.6 Å². The van der Waals surface area contributed by atoms with Crippen LogP contribution in [-0.2, 0) is 16.0 Å². The maximum atomic E-state index is 13.0. The van der Waals surface area contributed by atoms with Crippen molar-refractivity contribution in [3.63, 3.8) is 0 Å². The highest BCUT2D eigenvalue weighted by molar-refractivity contribution is 5.88. The van der Waals surface area contributed by atoms with Crippen molar-refractivity contribution < 1.29 is 18.7 Å². The Morgan fingerprint density at radius 1 is 1.04 bits per heavy atom. The summed E-state index contributed by atoms with van der Waals surface area (Å²) in [5.74, 6) is -0.482. The highest BCUT2D eigenvalue weighted by atomic mass is 19.1. The Hall–Kier alpha value is -2.89. The van der Waals surface area contributed by atoms with Gasteiger partial charge in [0.25, 0.3) is 5.91 Å². The Morgan fingerprint density at radius 3 is 2.29 bits per heavy atom. The number of amides is 2. The summed E-state index contributed by atoms with van der Waals surface area (Å²) >= 11 is 0. The van der Waals surface area contributed by atoms with E-state index >= 15 is 0 Å². The average Bonchev–Trinajstić information content (AvgIpc) is 2.67. The van der Waals surface area contributed by atoms with Gasteiger partial charge in [-0.25, -0.2) is 4.39 Å². The number of hydrogen-bond donors (Lipinski definition) is 1. The number of nitrogens with zero attached hydrogens (tertiary/aromatic N) is 1. The Kier molecular flexibility index (Phi) is 7.99. The molecule has 6 heteroatoms. The van der Waals surface area contributed by atoms with Crippen LogP contribution in [0.3, 0.4) is 0 Å². The van der Waals surface area contributed by atoms with Gasteiger partial charge in [0, 0.05) is 12.6 Å². The summed E-state index contributed by atoms with van der Waals surface area (Å²) in [5.41, 5.74) is 1.08. The van der Waals surface area contributed by atoms with Gasteiger partial charge in [0.05, 0.1) is 0 Å². The zero-order chi connectivity index (χ0) is 20.5. The Balaban J connectivity index is 2.05. The molecule has 2 amide bonds. The molecule has 0 radical (unpaired) electrons.